The topological polar surface area (TPSA) is 83.6 Å². The summed E-state index contributed by atoms with van der Waals surface area (Å²) in [6, 6.07) is 8.04. The van der Waals surface area contributed by atoms with E-state index in [-0.39, 0.29) is 31.3 Å². The molecule has 24 heavy (non-hydrogen) atoms. The van der Waals surface area contributed by atoms with Gasteiger partial charge in [-0.1, -0.05) is 18.2 Å². The van der Waals surface area contributed by atoms with Gasteiger partial charge in [0, 0.05) is 30.1 Å². The van der Waals surface area contributed by atoms with Crippen molar-refractivity contribution in [1.29, 1.82) is 0 Å². The molecule has 1 amide bonds. The highest BCUT2D eigenvalue weighted by Crippen LogP contribution is 2.19. The van der Waals surface area contributed by atoms with Crippen LogP contribution in [0.4, 0.5) is 0 Å². The number of para-hydroxylation sites is 1. The summed E-state index contributed by atoms with van der Waals surface area (Å²) < 4.78 is 11.0. The average Bonchev–Trinajstić information content (AvgIpc) is 3.02. The molecule has 2 aromatic rings. The minimum atomic E-state index is -0.192. The fourth-order valence-corrected chi connectivity index (χ4v) is 3.11. The summed E-state index contributed by atoms with van der Waals surface area (Å²) in [4.78, 5) is 15.5. The summed E-state index contributed by atoms with van der Waals surface area (Å²) >= 11 is 0. The van der Waals surface area contributed by atoms with Gasteiger partial charge in [-0.15, -0.1) is 0 Å². The first-order chi connectivity index (χ1) is 11.8. The van der Waals surface area contributed by atoms with Gasteiger partial charge >= 0.3 is 0 Å². The van der Waals surface area contributed by atoms with Crippen molar-refractivity contribution in [1.82, 2.24) is 10.3 Å². The molecule has 1 fully saturated rings. The molecule has 0 spiro atoms. The van der Waals surface area contributed by atoms with E-state index in [0.29, 0.717) is 26.1 Å². The summed E-state index contributed by atoms with van der Waals surface area (Å²) in [5, 5.41) is 13.1. The standard InChI is InChI=1S/C18H24N2O4/c21-8-10-24-17-12-23-9-7-16(17)20-18(22)6-5-13-11-19-15-4-2-1-3-14(13)15/h1-4,11,16-17,19,21H,5-10,12H2,(H,20,22)/t16-,17-/m1/s1. The van der Waals surface area contributed by atoms with Crippen molar-refractivity contribution in [3.05, 3.63) is 36.0 Å². The van der Waals surface area contributed by atoms with Gasteiger partial charge < -0.3 is 24.9 Å². The number of hydrogen-bond acceptors (Lipinski definition) is 4. The van der Waals surface area contributed by atoms with Crippen molar-refractivity contribution >= 4 is 16.8 Å². The van der Waals surface area contributed by atoms with Crippen molar-refractivity contribution in [2.45, 2.75) is 31.4 Å². The predicted octanol–water partition coefficient (Wildman–Crippen LogP) is 1.38. The lowest BCUT2D eigenvalue weighted by molar-refractivity contribution is -0.126. The quantitative estimate of drug-likeness (QED) is 0.715. The van der Waals surface area contributed by atoms with E-state index in [2.05, 4.69) is 16.4 Å². The van der Waals surface area contributed by atoms with Crippen LogP contribution >= 0.6 is 0 Å². The second-order valence-corrected chi connectivity index (χ2v) is 6.03. The van der Waals surface area contributed by atoms with E-state index in [9.17, 15) is 4.79 Å². The maximum atomic E-state index is 12.3. The van der Waals surface area contributed by atoms with Gasteiger partial charge in [-0.25, -0.2) is 0 Å². The number of amides is 1. The normalized spacial score (nSPS) is 21.0. The smallest absolute Gasteiger partial charge is 0.220 e. The molecule has 3 N–H and O–H groups in total. The highest BCUT2D eigenvalue weighted by Gasteiger charge is 2.27. The molecule has 1 aromatic heterocycles. The van der Waals surface area contributed by atoms with Gasteiger partial charge in [-0.2, -0.15) is 0 Å². The Balaban J connectivity index is 1.53. The summed E-state index contributed by atoms with van der Waals surface area (Å²) in [7, 11) is 0. The predicted molar refractivity (Wildman–Crippen MR) is 90.8 cm³/mol. The number of aliphatic hydroxyl groups excluding tert-OH is 1. The van der Waals surface area contributed by atoms with E-state index in [1.165, 1.54) is 5.39 Å². The van der Waals surface area contributed by atoms with Crippen LogP contribution in [-0.4, -0.2) is 54.6 Å². The molecule has 0 saturated carbocycles. The summed E-state index contributed by atoms with van der Waals surface area (Å²) in [6.07, 6.45) is 3.64. The molecule has 1 aliphatic rings. The van der Waals surface area contributed by atoms with Gasteiger partial charge in [0.15, 0.2) is 0 Å². The van der Waals surface area contributed by atoms with Crippen molar-refractivity contribution in [3.63, 3.8) is 0 Å². The van der Waals surface area contributed by atoms with Crippen molar-refractivity contribution < 1.29 is 19.4 Å². The number of carbonyl (C=O) groups is 1. The van der Waals surface area contributed by atoms with Gasteiger partial charge in [0.25, 0.3) is 0 Å². The number of nitrogens with one attached hydrogen (secondary N) is 2. The van der Waals surface area contributed by atoms with Crippen LogP contribution in [0.5, 0.6) is 0 Å². The van der Waals surface area contributed by atoms with Crippen LogP contribution < -0.4 is 5.32 Å². The number of carbonyl (C=O) groups excluding carboxylic acids is 1. The largest absolute Gasteiger partial charge is 0.394 e. The number of ether oxygens (including phenoxy) is 2. The number of benzene rings is 1. The van der Waals surface area contributed by atoms with Crippen LogP contribution in [0.3, 0.4) is 0 Å². The summed E-state index contributed by atoms with van der Waals surface area (Å²) in [6.45, 7) is 1.30. The Labute approximate surface area is 141 Å². The summed E-state index contributed by atoms with van der Waals surface area (Å²) in [5.74, 6) is 0.0183. The zero-order valence-corrected chi connectivity index (χ0v) is 13.7. The highest BCUT2D eigenvalue weighted by molar-refractivity contribution is 5.84. The molecule has 1 aliphatic heterocycles. The first kappa shape index (κ1) is 17.0. The number of H-pyrrole nitrogens is 1. The van der Waals surface area contributed by atoms with Crippen molar-refractivity contribution in [2.24, 2.45) is 0 Å². The molecule has 0 bridgehead atoms. The fourth-order valence-electron chi connectivity index (χ4n) is 3.11. The minimum Gasteiger partial charge on any atom is -0.394 e. The Morgan fingerprint density at radius 3 is 3.17 bits per heavy atom. The number of rotatable bonds is 7. The molecule has 3 rings (SSSR count). The Bertz CT molecular complexity index is 670. The zero-order chi connectivity index (χ0) is 16.8. The highest BCUT2D eigenvalue weighted by atomic mass is 16.5. The first-order valence-corrected chi connectivity index (χ1v) is 8.42. The van der Waals surface area contributed by atoms with Gasteiger partial charge in [0.1, 0.15) is 6.10 Å². The van der Waals surface area contributed by atoms with Crippen LogP contribution in [-0.2, 0) is 20.7 Å². The molecule has 2 heterocycles. The van der Waals surface area contributed by atoms with E-state index in [4.69, 9.17) is 14.6 Å². The molecule has 0 aliphatic carbocycles. The second kappa shape index (κ2) is 8.28. The van der Waals surface area contributed by atoms with Crippen LogP contribution in [0.1, 0.15) is 18.4 Å². The molecule has 0 radical (unpaired) electrons. The molecule has 0 unspecified atom stereocenters. The van der Waals surface area contributed by atoms with E-state index >= 15 is 0 Å². The number of aliphatic hydroxyl groups is 1. The van der Waals surface area contributed by atoms with Crippen LogP contribution in [0.15, 0.2) is 30.5 Å². The van der Waals surface area contributed by atoms with E-state index in [1.807, 2.05) is 24.4 Å². The molecule has 130 valence electrons. The minimum absolute atomic E-state index is 0.0183. The third kappa shape index (κ3) is 4.14. The van der Waals surface area contributed by atoms with Crippen LogP contribution in [0.2, 0.25) is 0 Å². The zero-order valence-electron chi connectivity index (χ0n) is 13.7. The lowest BCUT2D eigenvalue weighted by Crippen LogP contribution is -2.50. The van der Waals surface area contributed by atoms with Crippen molar-refractivity contribution in [2.75, 3.05) is 26.4 Å². The van der Waals surface area contributed by atoms with Crippen molar-refractivity contribution in [3.8, 4) is 0 Å². The molecule has 6 heteroatoms. The molecular formula is C18H24N2O4. The Kier molecular flexibility index (Phi) is 5.85. The third-order valence-electron chi connectivity index (χ3n) is 4.37. The molecule has 1 aromatic carbocycles. The number of aromatic amines is 1. The molecule has 1 saturated heterocycles. The maximum absolute atomic E-state index is 12.3. The van der Waals surface area contributed by atoms with Gasteiger partial charge in [0.2, 0.25) is 5.91 Å². The van der Waals surface area contributed by atoms with Gasteiger partial charge in [-0.3, -0.25) is 4.79 Å². The Morgan fingerprint density at radius 2 is 2.29 bits per heavy atom. The van der Waals surface area contributed by atoms with E-state index in [1.54, 1.807) is 0 Å². The van der Waals surface area contributed by atoms with Crippen LogP contribution in [0.25, 0.3) is 10.9 Å². The number of aromatic nitrogens is 1. The molecular weight excluding hydrogens is 308 g/mol. The molecule has 2 atom stereocenters. The lowest BCUT2D eigenvalue weighted by atomic mass is 10.0. The number of aryl methyl sites for hydroxylation is 1. The first-order valence-electron chi connectivity index (χ1n) is 8.42. The van der Waals surface area contributed by atoms with Gasteiger partial charge in [-0.05, 0) is 24.5 Å². The maximum Gasteiger partial charge on any atom is 0.220 e. The summed E-state index contributed by atoms with van der Waals surface area (Å²) in [5.41, 5.74) is 2.25. The second-order valence-electron chi connectivity index (χ2n) is 6.03. The van der Waals surface area contributed by atoms with E-state index in [0.717, 1.165) is 17.5 Å². The lowest BCUT2D eigenvalue weighted by Gasteiger charge is -2.32. The average molecular weight is 332 g/mol. The number of hydrogen-bond donors (Lipinski definition) is 3. The number of fused-ring (bicyclic) bond motifs is 1. The Morgan fingerprint density at radius 1 is 1.42 bits per heavy atom. The van der Waals surface area contributed by atoms with Crippen LogP contribution in [0, 0.1) is 0 Å². The van der Waals surface area contributed by atoms with E-state index < -0.39 is 0 Å². The fraction of sp³-hybridized carbons (Fsp3) is 0.500. The van der Waals surface area contributed by atoms with Gasteiger partial charge in [0.05, 0.1) is 25.9 Å². The third-order valence-corrected chi connectivity index (χ3v) is 4.37. The monoisotopic (exact) mass is 332 g/mol. The SMILES string of the molecule is O=C(CCc1c[nH]c2ccccc12)N[C@@H]1CCOC[C@H]1OCCO. The Hall–Kier alpha value is -1.89. The molecule has 6 nitrogen and oxygen atoms in total.